The monoisotopic (exact) mass is 243 g/mol. The first kappa shape index (κ1) is 12.3. The lowest BCUT2D eigenvalue weighted by molar-refractivity contribution is -0.0505. The normalized spacial score (nSPS) is 21.8. The van der Waals surface area contributed by atoms with Crippen molar-refractivity contribution >= 4 is 0 Å². The fourth-order valence-electron chi connectivity index (χ4n) is 1.87. The summed E-state index contributed by atoms with van der Waals surface area (Å²) in [6.45, 7) is -0.483. The fraction of sp³-hybridized carbons (Fsp3) is 0.500. The molecule has 0 amide bonds. The van der Waals surface area contributed by atoms with Crippen LogP contribution in [0.4, 0.5) is 8.78 Å². The summed E-state index contributed by atoms with van der Waals surface area (Å²) in [6, 6.07) is 6.69. The standard InChI is InChI=1S/C12H15F2NO2/c1-15-5-6-16-11(8-15)9-3-2-4-10(7-9)17-12(13)14/h2-4,7,11-12H,5-6,8H2,1H3. The molecule has 0 N–H and O–H groups in total. The average Bonchev–Trinajstić information content (AvgIpc) is 2.28. The Morgan fingerprint density at radius 2 is 2.29 bits per heavy atom. The van der Waals surface area contributed by atoms with Crippen molar-refractivity contribution < 1.29 is 18.3 Å². The van der Waals surface area contributed by atoms with Gasteiger partial charge in [0.2, 0.25) is 0 Å². The molecule has 1 heterocycles. The maximum absolute atomic E-state index is 12.1. The van der Waals surface area contributed by atoms with Gasteiger partial charge < -0.3 is 14.4 Å². The minimum absolute atomic E-state index is 0.0741. The molecule has 0 radical (unpaired) electrons. The van der Waals surface area contributed by atoms with Gasteiger partial charge in [-0.05, 0) is 24.7 Å². The second kappa shape index (κ2) is 5.42. The van der Waals surface area contributed by atoms with Gasteiger partial charge in [-0.1, -0.05) is 12.1 Å². The van der Waals surface area contributed by atoms with Crippen molar-refractivity contribution in [3.63, 3.8) is 0 Å². The molecule has 94 valence electrons. The molecule has 3 nitrogen and oxygen atoms in total. The van der Waals surface area contributed by atoms with Gasteiger partial charge in [-0.2, -0.15) is 8.78 Å². The van der Waals surface area contributed by atoms with E-state index in [2.05, 4.69) is 9.64 Å². The molecule has 1 saturated heterocycles. The third-order valence-electron chi connectivity index (χ3n) is 2.72. The summed E-state index contributed by atoms with van der Waals surface area (Å²) in [6.07, 6.45) is -0.0741. The molecule has 5 heteroatoms. The Labute approximate surface area is 98.9 Å². The van der Waals surface area contributed by atoms with Crippen molar-refractivity contribution in [1.29, 1.82) is 0 Å². The molecular formula is C12H15F2NO2. The molecule has 17 heavy (non-hydrogen) atoms. The first-order valence-corrected chi connectivity index (χ1v) is 5.50. The number of morpholine rings is 1. The number of hydrogen-bond acceptors (Lipinski definition) is 3. The van der Waals surface area contributed by atoms with Crippen LogP contribution in [0.5, 0.6) is 5.75 Å². The SMILES string of the molecule is CN1CCOC(c2cccc(OC(F)F)c2)C1. The van der Waals surface area contributed by atoms with Crippen LogP contribution in [0.2, 0.25) is 0 Å². The zero-order valence-corrected chi connectivity index (χ0v) is 9.61. The molecule has 0 aromatic heterocycles. The lowest BCUT2D eigenvalue weighted by atomic mass is 10.1. The number of hydrogen-bond donors (Lipinski definition) is 0. The molecule has 1 aliphatic rings. The maximum atomic E-state index is 12.1. The van der Waals surface area contributed by atoms with Crippen LogP contribution in [-0.4, -0.2) is 38.3 Å². The summed E-state index contributed by atoms with van der Waals surface area (Å²) in [5, 5.41) is 0. The minimum Gasteiger partial charge on any atom is -0.435 e. The van der Waals surface area contributed by atoms with Gasteiger partial charge in [-0.15, -0.1) is 0 Å². The Balaban J connectivity index is 2.09. The molecule has 1 fully saturated rings. The van der Waals surface area contributed by atoms with Gasteiger partial charge in [0.15, 0.2) is 0 Å². The second-order valence-electron chi connectivity index (χ2n) is 4.07. The van der Waals surface area contributed by atoms with E-state index in [0.29, 0.717) is 6.61 Å². The van der Waals surface area contributed by atoms with Gasteiger partial charge >= 0.3 is 6.61 Å². The maximum Gasteiger partial charge on any atom is 0.387 e. The quantitative estimate of drug-likeness (QED) is 0.813. The van der Waals surface area contributed by atoms with E-state index >= 15 is 0 Å². The number of rotatable bonds is 3. The van der Waals surface area contributed by atoms with Gasteiger partial charge in [-0.3, -0.25) is 0 Å². The molecule has 1 atom stereocenters. The van der Waals surface area contributed by atoms with Crippen LogP contribution >= 0.6 is 0 Å². The minimum atomic E-state index is -2.79. The van der Waals surface area contributed by atoms with E-state index in [0.717, 1.165) is 18.7 Å². The van der Waals surface area contributed by atoms with E-state index in [1.165, 1.54) is 6.07 Å². The third-order valence-corrected chi connectivity index (χ3v) is 2.72. The summed E-state index contributed by atoms with van der Waals surface area (Å²) in [5.41, 5.74) is 0.870. The van der Waals surface area contributed by atoms with E-state index in [-0.39, 0.29) is 11.9 Å². The molecule has 1 aromatic rings. The number of halogens is 2. The summed E-state index contributed by atoms with van der Waals surface area (Å²) in [7, 11) is 2.01. The number of ether oxygens (including phenoxy) is 2. The van der Waals surface area contributed by atoms with Crippen LogP contribution in [0.3, 0.4) is 0 Å². The topological polar surface area (TPSA) is 21.7 Å². The van der Waals surface area contributed by atoms with Crippen LogP contribution < -0.4 is 4.74 Å². The van der Waals surface area contributed by atoms with E-state index in [9.17, 15) is 8.78 Å². The summed E-state index contributed by atoms with van der Waals surface area (Å²) in [5.74, 6) is 0.175. The molecule has 1 unspecified atom stereocenters. The fourth-order valence-corrected chi connectivity index (χ4v) is 1.87. The third kappa shape index (κ3) is 3.38. The summed E-state index contributed by atoms with van der Waals surface area (Å²) in [4.78, 5) is 2.15. The van der Waals surface area contributed by atoms with E-state index in [4.69, 9.17) is 4.74 Å². The lowest BCUT2D eigenvalue weighted by Crippen LogP contribution is -2.35. The Morgan fingerprint density at radius 3 is 3.00 bits per heavy atom. The second-order valence-corrected chi connectivity index (χ2v) is 4.07. The molecule has 1 aromatic carbocycles. The van der Waals surface area contributed by atoms with Crippen molar-refractivity contribution in [2.24, 2.45) is 0 Å². The highest BCUT2D eigenvalue weighted by Crippen LogP contribution is 2.25. The number of alkyl halides is 2. The predicted molar refractivity (Wildman–Crippen MR) is 59.3 cm³/mol. The van der Waals surface area contributed by atoms with Crippen molar-refractivity contribution in [2.75, 3.05) is 26.7 Å². The Hall–Kier alpha value is -1.20. The Morgan fingerprint density at radius 1 is 1.47 bits per heavy atom. The van der Waals surface area contributed by atoms with Crippen LogP contribution in [0.15, 0.2) is 24.3 Å². The van der Waals surface area contributed by atoms with Crippen LogP contribution in [0.25, 0.3) is 0 Å². The van der Waals surface area contributed by atoms with Crippen LogP contribution in [-0.2, 0) is 4.74 Å². The average molecular weight is 243 g/mol. The van der Waals surface area contributed by atoms with Crippen LogP contribution in [0.1, 0.15) is 11.7 Å². The molecular weight excluding hydrogens is 228 g/mol. The largest absolute Gasteiger partial charge is 0.435 e. The number of likely N-dealkylation sites (N-methyl/N-ethyl adjacent to an activating group) is 1. The van der Waals surface area contributed by atoms with Gasteiger partial charge in [0.25, 0.3) is 0 Å². The Kier molecular flexibility index (Phi) is 3.91. The van der Waals surface area contributed by atoms with Crippen LogP contribution in [0, 0.1) is 0 Å². The van der Waals surface area contributed by atoms with E-state index in [1.54, 1.807) is 12.1 Å². The molecule has 0 aliphatic carbocycles. The number of benzene rings is 1. The highest BCUT2D eigenvalue weighted by atomic mass is 19.3. The Bertz CT molecular complexity index is 373. The lowest BCUT2D eigenvalue weighted by Gasteiger charge is -2.30. The first-order valence-electron chi connectivity index (χ1n) is 5.50. The smallest absolute Gasteiger partial charge is 0.387 e. The van der Waals surface area contributed by atoms with Crippen molar-refractivity contribution in [3.05, 3.63) is 29.8 Å². The highest BCUT2D eigenvalue weighted by Gasteiger charge is 2.20. The zero-order valence-electron chi connectivity index (χ0n) is 9.61. The van der Waals surface area contributed by atoms with Gasteiger partial charge in [0, 0.05) is 13.1 Å². The van der Waals surface area contributed by atoms with Crippen molar-refractivity contribution in [1.82, 2.24) is 4.90 Å². The molecule has 1 aliphatic heterocycles. The first-order chi connectivity index (χ1) is 8.15. The molecule has 2 rings (SSSR count). The highest BCUT2D eigenvalue weighted by molar-refractivity contribution is 5.30. The number of nitrogens with zero attached hydrogens (tertiary/aromatic N) is 1. The van der Waals surface area contributed by atoms with Gasteiger partial charge in [0.05, 0.1) is 12.7 Å². The molecule has 0 bridgehead atoms. The van der Waals surface area contributed by atoms with Crippen molar-refractivity contribution in [2.45, 2.75) is 12.7 Å². The predicted octanol–water partition coefficient (Wildman–Crippen LogP) is 2.29. The van der Waals surface area contributed by atoms with Gasteiger partial charge in [0.1, 0.15) is 5.75 Å². The zero-order chi connectivity index (χ0) is 12.3. The van der Waals surface area contributed by atoms with E-state index in [1.807, 2.05) is 13.1 Å². The summed E-state index contributed by atoms with van der Waals surface area (Å²) >= 11 is 0. The molecule has 0 spiro atoms. The van der Waals surface area contributed by atoms with Gasteiger partial charge in [-0.25, -0.2) is 0 Å². The van der Waals surface area contributed by atoms with Crippen molar-refractivity contribution in [3.8, 4) is 5.75 Å². The molecule has 0 saturated carbocycles. The summed E-state index contributed by atoms with van der Waals surface area (Å²) < 4.78 is 34.2. The van der Waals surface area contributed by atoms with E-state index < -0.39 is 6.61 Å².